The molecule has 194 valence electrons. The molecule has 7 rings (SSSR count). The molecule has 37 heavy (non-hydrogen) atoms. The predicted molar refractivity (Wildman–Crippen MR) is 142 cm³/mol. The first-order valence-corrected chi connectivity index (χ1v) is 13.2. The van der Waals surface area contributed by atoms with Gasteiger partial charge in [0.25, 0.3) is 0 Å². The zero-order valence-corrected chi connectivity index (χ0v) is 21.5. The average Bonchev–Trinajstić information content (AvgIpc) is 2.86. The average molecular weight is 503 g/mol. The van der Waals surface area contributed by atoms with Crippen LogP contribution in [0, 0.1) is 17.8 Å². The van der Waals surface area contributed by atoms with Gasteiger partial charge in [-0.3, -0.25) is 0 Å². The highest BCUT2D eigenvalue weighted by atomic mass is 16.5. The predicted octanol–water partition coefficient (Wildman–Crippen LogP) is 6.41. The Kier molecular flexibility index (Phi) is 6.03. The number of aromatic hydroxyl groups is 1. The van der Waals surface area contributed by atoms with Crippen molar-refractivity contribution in [2.24, 2.45) is 17.8 Å². The maximum atomic E-state index is 11.4. The first kappa shape index (κ1) is 24.1. The Labute approximate surface area is 217 Å². The number of carbonyl (C=O) groups is 1. The molecule has 4 fully saturated rings. The molecule has 0 heterocycles. The number of methoxy groups -OCH3 is 2. The third-order valence-electron chi connectivity index (χ3n) is 8.97. The number of hydrogen-bond donors (Lipinski definition) is 2. The Morgan fingerprint density at radius 2 is 1.65 bits per heavy atom. The van der Waals surface area contributed by atoms with Crippen molar-refractivity contribution in [2.45, 2.75) is 43.9 Å². The topological polar surface area (TPSA) is 85.2 Å². The third-order valence-corrected chi connectivity index (χ3v) is 8.97. The van der Waals surface area contributed by atoms with Crippen LogP contribution >= 0.6 is 0 Å². The van der Waals surface area contributed by atoms with Crippen LogP contribution in [-0.4, -0.2) is 43.6 Å². The first-order valence-electron chi connectivity index (χ1n) is 13.2. The van der Waals surface area contributed by atoms with Crippen LogP contribution in [0.2, 0.25) is 0 Å². The summed E-state index contributed by atoms with van der Waals surface area (Å²) in [7, 11) is 3.36. The molecule has 0 atom stereocenters. The molecule has 2 N–H and O–H groups in total. The van der Waals surface area contributed by atoms with E-state index in [1.807, 2.05) is 12.1 Å². The Morgan fingerprint density at radius 1 is 0.946 bits per heavy atom. The summed E-state index contributed by atoms with van der Waals surface area (Å²) in [6, 6.07) is 13.1. The van der Waals surface area contributed by atoms with Gasteiger partial charge < -0.3 is 24.4 Å². The van der Waals surface area contributed by atoms with Crippen LogP contribution in [0.1, 0.15) is 54.4 Å². The van der Waals surface area contributed by atoms with E-state index in [9.17, 15) is 15.0 Å². The van der Waals surface area contributed by atoms with Gasteiger partial charge in [-0.2, -0.15) is 0 Å². The molecule has 4 aliphatic carbocycles. The van der Waals surface area contributed by atoms with E-state index in [4.69, 9.17) is 14.2 Å². The van der Waals surface area contributed by atoms with Gasteiger partial charge in [-0.05, 0) is 96.9 Å². The molecular formula is C31H34O6. The summed E-state index contributed by atoms with van der Waals surface area (Å²) in [6.07, 6.45) is 7.77. The number of carboxylic acid groups (broad SMARTS) is 1. The molecule has 6 heteroatoms. The molecule has 0 spiro atoms. The highest BCUT2D eigenvalue weighted by molar-refractivity contribution is 5.98. The molecular weight excluding hydrogens is 468 g/mol. The number of phenols is 1. The van der Waals surface area contributed by atoms with Crippen molar-refractivity contribution in [3.05, 3.63) is 53.6 Å². The van der Waals surface area contributed by atoms with Crippen molar-refractivity contribution < 1.29 is 29.2 Å². The molecule has 0 aliphatic heterocycles. The molecule has 0 amide bonds. The molecule has 4 aliphatic rings. The van der Waals surface area contributed by atoms with Gasteiger partial charge in [0.15, 0.2) is 0 Å². The minimum atomic E-state index is -1.16. The number of carboxylic acids is 1. The molecule has 4 bridgehead atoms. The van der Waals surface area contributed by atoms with Crippen LogP contribution in [0.4, 0.5) is 0 Å². The first-order chi connectivity index (χ1) is 17.9. The maximum Gasteiger partial charge on any atom is 0.339 e. The largest absolute Gasteiger partial charge is 0.507 e. The minimum absolute atomic E-state index is 0.120. The van der Waals surface area contributed by atoms with Crippen molar-refractivity contribution in [1.82, 2.24) is 0 Å². The molecule has 4 saturated carbocycles. The monoisotopic (exact) mass is 502 g/mol. The van der Waals surface area contributed by atoms with Gasteiger partial charge in [-0.25, -0.2) is 4.79 Å². The number of benzene rings is 3. The van der Waals surface area contributed by atoms with Crippen LogP contribution in [0.25, 0.3) is 21.9 Å². The fourth-order valence-electron chi connectivity index (χ4n) is 7.86. The van der Waals surface area contributed by atoms with E-state index in [2.05, 4.69) is 12.1 Å². The summed E-state index contributed by atoms with van der Waals surface area (Å²) in [5.41, 5.74) is 2.82. The van der Waals surface area contributed by atoms with Crippen molar-refractivity contribution >= 4 is 16.7 Å². The summed E-state index contributed by atoms with van der Waals surface area (Å²) in [6.45, 7) is 1.04. The van der Waals surface area contributed by atoms with Gasteiger partial charge in [0.05, 0.1) is 13.7 Å². The molecule has 3 aromatic carbocycles. The Balaban J connectivity index is 1.50. The summed E-state index contributed by atoms with van der Waals surface area (Å²) in [4.78, 5) is 11.4. The summed E-state index contributed by atoms with van der Waals surface area (Å²) >= 11 is 0. The number of hydrogen-bond acceptors (Lipinski definition) is 5. The molecule has 0 aromatic heterocycles. The third kappa shape index (κ3) is 4.11. The van der Waals surface area contributed by atoms with Crippen LogP contribution < -0.4 is 9.47 Å². The van der Waals surface area contributed by atoms with Gasteiger partial charge in [-0.1, -0.05) is 18.2 Å². The lowest BCUT2D eigenvalue weighted by molar-refractivity contribution is -0.00653. The lowest BCUT2D eigenvalue weighted by Crippen LogP contribution is -2.48. The van der Waals surface area contributed by atoms with Crippen molar-refractivity contribution in [3.8, 4) is 28.4 Å². The van der Waals surface area contributed by atoms with E-state index in [0.29, 0.717) is 18.8 Å². The molecule has 0 unspecified atom stereocenters. The standard InChI is InChI=1S/C31H34O6/c1-35-7-8-37-28-13-22-3-5-23(21-4-6-24(30(33)34)27(32)12-21)29(36-2)25(22)14-26(28)31-15-18-9-19(16-31)11-20(10-18)17-31/h3-6,12-14,18-20,32H,7-11,15-17H2,1-2H3,(H,33,34). The van der Waals surface area contributed by atoms with Crippen molar-refractivity contribution in [1.29, 1.82) is 0 Å². The summed E-state index contributed by atoms with van der Waals surface area (Å²) in [5.74, 6) is 2.66. The molecule has 0 saturated heterocycles. The molecule has 6 nitrogen and oxygen atoms in total. The second-order valence-corrected chi connectivity index (χ2v) is 11.3. The SMILES string of the molecule is COCCOc1cc2ccc(-c3ccc(C(=O)O)c(O)c3)c(OC)c2cc1C12CC3CC(CC(C3)C1)C2. The Bertz CT molecular complexity index is 1320. The Morgan fingerprint density at radius 3 is 2.24 bits per heavy atom. The number of rotatable bonds is 8. The highest BCUT2D eigenvalue weighted by Crippen LogP contribution is 2.62. The van der Waals surface area contributed by atoms with Crippen LogP contribution in [0.3, 0.4) is 0 Å². The fraction of sp³-hybridized carbons (Fsp3) is 0.452. The van der Waals surface area contributed by atoms with E-state index < -0.39 is 5.97 Å². The van der Waals surface area contributed by atoms with Gasteiger partial charge in [-0.15, -0.1) is 0 Å². The van der Waals surface area contributed by atoms with E-state index in [1.54, 1.807) is 20.3 Å². The molecule has 0 radical (unpaired) electrons. The smallest absolute Gasteiger partial charge is 0.339 e. The summed E-state index contributed by atoms with van der Waals surface area (Å²) in [5, 5.41) is 21.7. The Hall–Kier alpha value is -3.25. The lowest BCUT2D eigenvalue weighted by Gasteiger charge is -2.57. The maximum absolute atomic E-state index is 11.4. The summed E-state index contributed by atoms with van der Waals surface area (Å²) < 4.78 is 17.6. The zero-order valence-electron chi connectivity index (χ0n) is 21.5. The van der Waals surface area contributed by atoms with Crippen molar-refractivity contribution in [2.75, 3.05) is 27.4 Å². The van der Waals surface area contributed by atoms with Gasteiger partial charge in [0, 0.05) is 23.6 Å². The second-order valence-electron chi connectivity index (χ2n) is 11.3. The van der Waals surface area contributed by atoms with E-state index in [-0.39, 0.29) is 16.7 Å². The van der Waals surface area contributed by atoms with Gasteiger partial charge in [0.2, 0.25) is 0 Å². The van der Waals surface area contributed by atoms with Crippen LogP contribution in [-0.2, 0) is 10.2 Å². The lowest BCUT2D eigenvalue weighted by atomic mass is 9.48. The number of aromatic carboxylic acids is 1. The van der Waals surface area contributed by atoms with E-state index in [1.165, 1.54) is 56.2 Å². The number of ether oxygens (including phenoxy) is 3. The van der Waals surface area contributed by atoms with Crippen LogP contribution in [0.5, 0.6) is 17.2 Å². The minimum Gasteiger partial charge on any atom is -0.507 e. The second kappa shape index (κ2) is 9.25. The van der Waals surface area contributed by atoms with Crippen LogP contribution in [0.15, 0.2) is 42.5 Å². The normalized spacial score (nSPS) is 25.9. The van der Waals surface area contributed by atoms with E-state index in [0.717, 1.165) is 45.6 Å². The molecule has 3 aromatic rings. The zero-order chi connectivity index (χ0) is 25.7. The van der Waals surface area contributed by atoms with Gasteiger partial charge in [0.1, 0.15) is 29.4 Å². The quantitative estimate of drug-likeness (QED) is 0.346. The van der Waals surface area contributed by atoms with Crippen molar-refractivity contribution in [3.63, 3.8) is 0 Å². The van der Waals surface area contributed by atoms with E-state index >= 15 is 0 Å². The fourth-order valence-corrected chi connectivity index (χ4v) is 7.86. The highest BCUT2D eigenvalue weighted by Gasteiger charge is 2.52. The number of fused-ring (bicyclic) bond motifs is 1. The van der Waals surface area contributed by atoms with Gasteiger partial charge >= 0.3 is 5.97 Å².